The number of halogens is 12. The van der Waals surface area contributed by atoms with Gasteiger partial charge in [-0.3, -0.25) is 14.8 Å². The van der Waals surface area contributed by atoms with Crippen molar-refractivity contribution in [2.75, 3.05) is 47.8 Å². The number of aryl methyl sites for hydroxylation is 1. The normalized spacial score (nSPS) is 14.6. The van der Waals surface area contributed by atoms with Gasteiger partial charge in [0.25, 0.3) is 0 Å². The summed E-state index contributed by atoms with van der Waals surface area (Å²) in [6, 6.07) is 13.9. The van der Waals surface area contributed by atoms with Crippen molar-refractivity contribution in [1.82, 2.24) is 9.88 Å². The zero-order chi connectivity index (χ0) is 41.5. The van der Waals surface area contributed by atoms with Crippen molar-refractivity contribution in [3.63, 3.8) is 0 Å². The van der Waals surface area contributed by atoms with Crippen molar-refractivity contribution in [1.29, 1.82) is 0 Å². The van der Waals surface area contributed by atoms with Gasteiger partial charge in [-0.25, -0.2) is 4.79 Å². The van der Waals surface area contributed by atoms with Crippen LogP contribution in [0.25, 0.3) is 10.9 Å². The number of hydrogen-bond acceptors (Lipinski definition) is 4. The standard InChI is InChI=1S/C39H31F12N5O/c1-23-8-9-32-33(52-23)6-3-7-34(32)55-14-12-54(13-15-55)11-10-24-4-2-5-30(16-24)56(31-21-27(38(46,47)48)18-28(22-31)39(49,50)51)35(57)53-29-19-25(36(40,41)42)17-26(20-29)37(43,44)45/h2-9,16-22H,10-15H2,1H3,(H,53,57). The molecule has 2 amide bonds. The van der Waals surface area contributed by atoms with E-state index >= 15 is 0 Å². The zero-order valence-corrected chi connectivity index (χ0v) is 29.6. The second-order valence-corrected chi connectivity index (χ2v) is 13.4. The number of anilines is 4. The summed E-state index contributed by atoms with van der Waals surface area (Å²) in [6.45, 7) is 4.93. The van der Waals surface area contributed by atoms with Crippen LogP contribution in [0.4, 0.5) is 80.2 Å². The highest BCUT2D eigenvalue weighted by Crippen LogP contribution is 2.42. The van der Waals surface area contributed by atoms with Gasteiger partial charge in [0.2, 0.25) is 0 Å². The lowest BCUT2D eigenvalue weighted by Crippen LogP contribution is -2.47. The molecule has 6 rings (SSSR count). The number of rotatable bonds is 7. The van der Waals surface area contributed by atoms with E-state index < -0.39 is 64.4 Å². The molecule has 302 valence electrons. The van der Waals surface area contributed by atoms with Gasteiger partial charge in [0, 0.05) is 55.2 Å². The lowest BCUT2D eigenvalue weighted by Gasteiger charge is -2.36. The predicted octanol–water partition coefficient (Wildman–Crippen LogP) is 11.4. The molecule has 18 heteroatoms. The first-order chi connectivity index (χ1) is 26.6. The molecule has 0 bridgehead atoms. The van der Waals surface area contributed by atoms with Crippen LogP contribution in [-0.4, -0.2) is 48.6 Å². The van der Waals surface area contributed by atoms with Crippen LogP contribution in [0.5, 0.6) is 0 Å². The Kier molecular flexibility index (Phi) is 11.1. The van der Waals surface area contributed by atoms with E-state index in [0.717, 1.165) is 28.4 Å². The molecule has 0 spiro atoms. The van der Waals surface area contributed by atoms with E-state index in [1.165, 1.54) is 12.1 Å². The molecular weight excluding hydrogens is 782 g/mol. The highest BCUT2D eigenvalue weighted by molar-refractivity contribution is 6.07. The summed E-state index contributed by atoms with van der Waals surface area (Å²) in [7, 11) is 0. The Morgan fingerprint density at radius 1 is 0.649 bits per heavy atom. The molecule has 0 atom stereocenters. The van der Waals surface area contributed by atoms with E-state index in [9.17, 15) is 57.5 Å². The number of alkyl halides is 12. The number of nitrogens with one attached hydrogen (secondary N) is 1. The number of urea groups is 1. The molecule has 0 unspecified atom stereocenters. The van der Waals surface area contributed by atoms with E-state index in [0.29, 0.717) is 49.6 Å². The van der Waals surface area contributed by atoms with Gasteiger partial charge in [0.05, 0.1) is 39.1 Å². The van der Waals surface area contributed by atoms with Crippen LogP contribution >= 0.6 is 0 Å². The summed E-state index contributed by atoms with van der Waals surface area (Å²) in [5.41, 5.74) is -6.41. The fraction of sp³-hybridized carbons (Fsp3) is 0.282. The number of amides is 2. The highest BCUT2D eigenvalue weighted by atomic mass is 19.4. The lowest BCUT2D eigenvalue weighted by atomic mass is 10.1. The molecule has 1 aliphatic heterocycles. The summed E-state index contributed by atoms with van der Waals surface area (Å²) in [4.78, 5) is 23.1. The third-order valence-electron chi connectivity index (χ3n) is 9.32. The molecule has 1 aliphatic rings. The Morgan fingerprint density at radius 3 is 1.75 bits per heavy atom. The first-order valence-corrected chi connectivity index (χ1v) is 17.2. The summed E-state index contributed by atoms with van der Waals surface area (Å²) in [5, 5.41) is 2.82. The van der Waals surface area contributed by atoms with E-state index in [2.05, 4.69) is 14.8 Å². The number of piperazine rings is 1. The number of carbonyl (C=O) groups is 1. The summed E-state index contributed by atoms with van der Waals surface area (Å²) in [6.07, 6.45) is -21.1. The van der Waals surface area contributed by atoms with Gasteiger partial charge in [-0.05, 0) is 91.7 Å². The lowest BCUT2D eigenvalue weighted by molar-refractivity contribution is -0.144. The quantitative estimate of drug-likeness (QED) is 0.166. The first kappa shape index (κ1) is 41.1. The average molecular weight is 814 g/mol. The third kappa shape index (κ3) is 9.72. The van der Waals surface area contributed by atoms with E-state index in [1.807, 2.05) is 42.6 Å². The van der Waals surface area contributed by atoms with Crippen LogP contribution in [0.2, 0.25) is 0 Å². The van der Waals surface area contributed by atoms with Crippen molar-refractivity contribution in [3.05, 3.63) is 125 Å². The molecule has 1 fully saturated rings. The maximum Gasteiger partial charge on any atom is 0.416 e. The third-order valence-corrected chi connectivity index (χ3v) is 9.32. The minimum atomic E-state index is -5.35. The van der Waals surface area contributed by atoms with E-state index in [1.54, 1.807) is 6.07 Å². The SMILES string of the molecule is Cc1ccc2c(N3CCN(CCc4cccc(N(C(=O)Nc5cc(C(F)(F)F)cc(C(F)(F)F)c5)c5cc(C(F)(F)F)cc(C(F)(F)F)c5)c4)CC3)cccc2n1. The van der Waals surface area contributed by atoms with Crippen molar-refractivity contribution in [2.45, 2.75) is 38.0 Å². The minimum absolute atomic E-state index is 0.160. The van der Waals surface area contributed by atoms with Crippen LogP contribution in [-0.2, 0) is 31.1 Å². The molecule has 0 aliphatic carbocycles. The maximum absolute atomic E-state index is 13.9. The number of nitrogens with zero attached hydrogens (tertiary/aromatic N) is 4. The molecule has 6 nitrogen and oxygen atoms in total. The number of aromatic nitrogens is 1. The Morgan fingerprint density at radius 2 is 1.19 bits per heavy atom. The minimum Gasteiger partial charge on any atom is -0.368 e. The van der Waals surface area contributed by atoms with Crippen LogP contribution in [0.1, 0.15) is 33.5 Å². The molecule has 0 saturated carbocycles. The number of pyridine rings is 1. The van der Waals surface area contributed by atoms with Crippen molar-refractivity contribution in [3.8, 4) is 0 Å². The van der Waals surface area contributed by atoms with Crippen molar-refractivity contribution >= 4 is 39.7 Å². The van der Waals surface area contributed by atoms with Gasteiger partial charge >= 0.3 is 30.7 Å². The van der Waals surface area contributed by atoms with E-state index in [4.69, 9.17) is 0 Å². The van der Waals surface area contributed by atoms with Gasteiger partial charge in [0.15, 0.2) is 0 Å². The number of fused-ring (bicyclic) bond motifs is 1. The molecule has 1 N–H and O–H groups in total. The topological polar surface area (TPSA) is 51.7 Å². The molecule has 1 aromatic heterocycles. The smallest absolute Gasteiger partial charge is 0.368 e. The fourth-order valence-electron chi connectivity index (χ4n) is 6.52. The predicted molar refractivity (Wildman–Crippen MR) is 189 cm³/mol. The zero-order valence-electron chi connectivity index (χ0n) is 29.6. The number of carbonyl (C=O) groups excluding carboxylic acids is 1. The summed E-state index contributed by atoms with van der Waals surface area (Å²) < 4.78 is 165. The molecule has 5 aromatic rings. The second-order valence-electron chi connectivity index (χ2n) is 13.4. The van der Waals surface area contributed by atoms with Crippen LogP contribution in [0, 0.1) is 6.92 Å². The average Bonchev–Trinajstić information content (AvgIpc) is 3.12. The Bertz CT molecular complexity index is 2190. The molecular formula is C39H31F12N5O. The second kappa shape index (κ2) is 15.4. The number of hydrogen-bond donors (Lipinski definition) is 1. The summed E-state index contributed by atoms with van der Waals surface area (Å²) in [5.74, 6) is 0. The molecule has 4 aromatic carbocycles. The van der Waals surface area contributed by atoms with E-state index in [-0.39, 0.29) is 42.1 Å². The van der Waals surface area contributed by atoms with Gasteiger partial charge < -0.3 is 10.2 Å². The largest absolute Gasteiger partial charge is 0.416 e. The van der Waals surface area contributed by atoms with Gasteiger partial charge in [-0.15, -0.1) is 0 Å². The highest BCUT2D eigenvalue weighted by Gasteiger charge is 2.40. The van der Waals surface area contributed by atoms with Crippen molar-refractivity contribution in [2.24, 2.45) is 0 Å². The molecule has 2 heterocycles. The van der Waals surface area contributed by atoms with Gasteiger partial charge in [0.1, 0.15) is 0 Å². The van der Waals surface area contributed by atoms with Gasteiger partial charge in [-0.1, -0.05) is 18.2 Å². The number of benzene rings is 4. The van der Waals surface area contributed by atoms with Gasteiger partial charge in [-0.2, -0.15) is 52.7 Å². The Hall–Kier alpha value is -5.52. The summed E-state index contributed by atoms with van der Waals surface area (Å²) >= 11 is 0. The monoisotopic (exact) mass is 813 g/mol. The van der Waals surface area contributed by atoms with Crippen LogP contribution < -0.4 is 15.1 Å². The van der Waals surface area contributed by atoms with Crippen LogP contribution in [0.3, 0.4) is 0 Å². The fourth-order valence-corrected chi connectivity index (χ4v) is 6.52. The molecule has 57 heavy (non-hydrogen) atoms. The Balaban J connectivity index is 1.29. The van der Waals surface area contributed by atoms with Crippen molar-refractivity contribution < 1.29 is 57.5 Å². The first-order valence-electron chi connectivity index (χ1n) is 17.2. The molecule has 1 saturated heterocycles. The Labute approximate surface area is 317 Å². The molecule has 0 radical (unpaired) electrons. The van der Waals surface area contributed by atoms with Crippen LogP contribution in [0.15, 0.2) is 91.0 Å². The maximum atomic E-state index is 13.9.